The van der Waals surface area contributed by atoms with Gasteiger partial charge in [0.25, 0.3) is 5.91 Å². The summed E-state index contributed by atoms with van der Waals surface area (Å²) in [7, 11) is 1.71. The van der Waals surface area contributed by atoms with Crippen molar-refractivity contribution < 1.29 is 9.53 Å². The molecule has 0 spiro atoms. The molecule has 4 heteroatoms. The van der Waals surface area contributed by atoms with Crippen LogP contribution in [0.5, 0.6) is 0 Å². The number of carbonyl (C=O) groups excluding carboxylic acids is 1. The zero-order valence-electron chi connectivity index (χ0n) is 14.0. The number of fused-ring (bicyclic) bond motifs is 2. The predicted octanol–water partition coefficient (Wildman–Crippen LogP) is 2.18. The zero-order chi connectivity index (χ0) is 15.3. The number of methoxy groups -OCH3 is 1. The van der Waals surface area contributed by atoms with Gasteiger partial charge in [-0.2, -0.15) is 0 Å². The Morgan fingerprint density at radius 1 is 1.19 bits per heavy atom. The molecular weight excluding hydrogens is 264 g/mol. The molecule has 2 aliphatic heterocycles. The molecule has 2 bridgehead atoms. The third-order valence-electron chi connectivity index (χ3n) is 5.87. The second-order valence-corrected chi connectivity index (χ2v) is 8.60. The molecule has 1 saturated carbocycles. The summed E-state index contributed by atoms with van der Waals surface area (Å²) >= 11 is 0. The third-order valence-corrected chi connectivity index (χ3v) is 5.87. The maximum Gasteiger partial charge on any atom is 0.255 e. The van der Waals surface area contributed by atoms with Gasteiger partial charge in [0.05, 0.1) is 0 Å². The van der Waals surface area contributed by atoms with Crippen molar-refractivity contribution in [3.63, 3.8) is 0 Å². The van der Waals surface area contributed by atoms with Crippen LogP contribution in [0.15, 0.2) is 0 Å². The second-order valence-electron chi connectivity index (χ2n) is 8.60. The Labute approximate surface area is 128 Å². The molecule has 0 aromatic carbocycles. The van der Waals surface area contributed by atoms with Gasteiger partial charge in [0.2, 0.25) is 0 Å². The third kappa shape index (κ3) is 2.61. The van der Waals surface area contributed by atoms with Crippen LogP contribution in [-0.2, 0) is 9.53 Å². The van der Waals surface area contributed by atoms with E-state index in [4.69, 9.17) is 4.74 Å². The number of piperidine rings is 1. The van der Waals surface area contributed by atoms with Crippen LogP contribution >= 0.6 is 0 Å². The molecule has 2 heterocycles. The molecular formula is C17H30N2O2. The molecule has 0 radical (unpaired) electrons. The first kappa shape index (κ1) is 15.3. The van der Waals surface area contributed by atoms with Gasteiger partial charge in [0.15, 0.2) is 0 Å². The molecule has 120 valence electrons. The van der Waals surface area contributed by atoms with Crippen LogP contribution < -0.4 is 5.32 Å². The molecule has 4 nitrogen and oxygen atoms in total. The molecule has 2 unspecified atom stereocenters. The number of rotatable bonds is 2. The highest BCUT2D eigenvalue weighted by Crippen LogP contribution is 2.53. The predicted molar refractivity (Wildman–Crippen MR) is 83.1 cm³/mol. The number of ether oxygens (including phenoxy) is 1. The first-order valence-corrected chi connectivity index (χ1v) is 8.36. The molecule has 1 N–H and O–H groups in total. The van der Waals surface area contributed by atoms with E-state index in [-0.39, 0.29) is 5.91 Å². The van der Waals surface area contributed by atoms with Crippen molar-refractivity contribution in [2.75, 3.05) is 26.7 Å². The van der Waals surface area contributed by atoms with Gasteiger partial charge in [-0.05, 0) is 56.0 Å². The Bertz CT molecular complexity index is 429. The summed E-state index contributed by atoms with van der Waals surface area (Å²) in [6.45, 7) is 9.72. The highest BCUT2D eigenvalue weighted by molar-refractivity contribution is 5.86. The monoisotopic (exact) mass is 294 g/mol. The molecule has 1 amide bonds. The van der Waals surface area contributed by atoms with Crippen LogP contribution in [0.3, 0.4) is 0 Å². The second kappa shape index (κ2) is 4.95. The van der Waals surface area contributed by atoms with Crippen LogP contribution in [0.4, 0.5) is 0 Å². The van der Waals surface area contributed by atoms with Crippen LogP contribution in [0.2, 0.25) is 0 Å². The quantitative estimate of drug-likeness (QED) is 0.849. The lowest BCUT2D eigenvalue weighted by atomic mass is 9.65. The Balaban J connectivity index is 1.82. The van der Waals surface area contributed by atoms with Crippen molar-refractivity contribution in [3.05, 3.63) is 0 Å². The van der Waals surface area contributed by atoms with Crippen molar-refractivity contribution in [2.24, 2.45) is 10.8 Å². The molecule has 3 aliphatic rings. The van der Waals surface area contributed by atoms with E-state index in [9.17, 15) is 4.79 Å². The van der Waals surface area contributed by atoms with Gasteiger partial charge in [-0.25, -0.2) is 0 Å². The lowest BCUT2D eigenvalue weighted by Gasteiger charge is -2.41. The van der Waals surface area contributed by atoms with Crippen LogP contribution in [0.1, 0.15) is 52.9 Å². The number of hydrogen-bond donors (Lipinski definition) is 1. The number of nitrogens with zero attached hydrogens (tertiary/aromatic N) is 1. The van der Waals surface area contributed by atoms with Gasteiger partial charge >= 0.3 is 0 Å². The number of likely N-dealkylation sites (tertiary alicyclic amines) is 1. The van der Waals surface area contributed by atoms with E-state index in [1.807, 2.05) is 0 Å². The summed E-state index contributed by atoms with van der Waals surface area (Å²) in [4.78, 5) is 15.4. The minimum Gasteiger partial charge on any atom is -0.368 e. The minimum atomic E-state index is -0.580. The van der Waals surface area contributed by atoms with E-state index in [2.05, 4.69) is 31.0 Å². The van der Waals surface area contributed by atoms with Crippen LogP contribution in [0, 0.1) is 10.8 Å². The van der Waals surface area contributed by atoms with Crippen molar-refractivity contribution in [3.8, 4) is 0 Å². The van der Waals surface area contributed by atoms with Crippen LogP contribution in [-0.4, -0.2) is 49.2 Å². The SMILES string of the molecule is COC1(C(=O)N2CC3(C)CC2CC(C)(C)C3)CCNCC1. The van der Waals surface area contributed by atoms with Crippen molar-refractivity contribution in [1.82, 2.24) is 10.2 Å². The van der Waals surface area contributed by atoms with Gasteiger partial charge < -0.3 is 15.0 Å². The molecule has 21 heavy (non-hydrogen) atoms. The Kier molecular flexibility index (Phi) is 3.61. The molecule has 1 aliphatic carbocycles. The van der Waals surface area contributed by atoms with Gasteiger partial charge in [0.1, 0.15) is 5.60 Å². The topological polar surface area (TPSA) is 41.6 Å². The lowest BCUT2D eigenvalue weighted by Crippen LogP contribution is -2.56. The number of nitrogens with one attached hydrogen (secondary N) is 1. The summed E-state index contributed by atoms with van der Waals surface area (Å²) in [5, 5.41) is 3.34. The first-order chi connectivity index (χ1) is 9.79. The summed E-state index contributed by atoms with van der Waals surface area (Å²) in [5.74, 6) is 0.248. The lowest BCUT2D eigenvalue weighted by molar-refractivity contribution is -0.159. The molecule has 2 saturated heterocycles. The number of carbonyl (C=O) groups is 1. The van der Waals surface area contributed by atoms with E-state index < -0.39 is 5.60 Å². The van der Waals surface area contributed by atoms with Gasteiger partial charge in [0, 0.05) is 19.7 Å². The fourth-order valence-corrected chi connectivity index (χ4v) is 5.29. The first-order valence-electron chi connectivity index (χ1n) is 8.36. The van der Waals surface area contributed by atoms with Gasteiger partial charge in [-0.3, -0.25) is 4.79 Å². The molecule has 3 fully saturated rings. The van der Waals surface area contributed by atoms with E-state index in [1.54, 1.807) is 7.11 Å². The minimum absolute atomic E-state index is 0.248. The molecule has 0 aromatic rings. The smallest absolute Gasteiger partial charge is 0.255 e. The Morgan fingerprint density at radius 2 is 1.86 bits per heavy atom. The van der Waals surface area contributed by atoms with Crippen molar-refractivity contribution in [1.29, 1.82) is 0 Å². The Morgan fingerprint density at radius 3 is 2.48 bits per heavy atom. The van der Waals surface area contributed by atoms with Crippen molar-refractivity contribution >= 4 is 5.91 Å². The number of amides is 1. The number of hydrogen-bond acceptors (Lipinski definition) is 3. The highest BCUT2D eigenvalue weighted by Gasteiger charge is 2.54. The summed E-state index contributed by atoms with van der Waals surface area (Å²) in [6, 6.07) is 0.410. The summed E-state index contributed by atoms with van der Waals surface area (Å²) < 4.78 is 5.76. The largest absolute Gasteiger partial charge is 0.368 e. The maximum absolute atomic E-state index is 13.2. The fraction of sp³-hybridized carbons (Fsp3) is 0.941. The Hall–Kier alpha value is -0.610. The highest BCUT2D eigenvalue weighted by atomic mass is 16.5. The summed E-state index contributed by atoms with van der Waals surface area (Å²) in [5.41, 5.74) is 0.0637. The van der Waals surface area contributed by atoms with E-state index in [1.165, 1.54) is 12.8 Å². The zero-order valence-corrected chi connectivity index (χ0v) is 14.0. The van der Waals surface area contributed by atoms with Crippen LogP contribution in [0.25, 0.3) is 0 Å². The average molecular weight is 294 g/mol. The maximum atomic E-state index is 13.2. The molecule has 2 atom stereocenters. The van der Waals surface area contributed by atoms with E-state index in [0.29, 0.717) is 16.9 Å². The normalized spacial score (nSPS) is 37.5. The van der Waals surface area contributed by atoms with Gasteiger partial charge in [-0.15, -0.1) is 0 Å². The van der Waals surface area contributed by atoms with Gasteiger partial charge in [-0.1, -0.05) is 20.8 Å². The molecule has 3 rings (SSSR count). The average Bonchev–Trinajstić information content (AvgIpc) is 2.68. The van der Waals surface area contributed by atoms with E-state index >= 15 is 0 Å². The summed E-state index contributed by atoms with van der Waals surface area (Å²) in [6.07, 6.45) is 5.12. The standard InChI is InChI=1S/C17H30N2O2/c1-15(2)9-13-10-16(3,11-15)12-19(13)14(20)17(21-4)5-7-18-8-6-17/h13,18H,5-12H2,1-4H3. The fourth-order valence-electron chi connectivity index (χ4n) is 5.29. The molecule has 0 aromatic heterocycles. The van der Waals surface area contributed by atoms with Crippen molar-refractivity contribution in [2.45, 2.75) is 64.5 Å². The van der Waals surface area contributed by atoms with E-state index in [0.717, 1.165) is 38.9 Å².